The van der Waals surface area contributed by atoms with Crippen LogP contribution in [0.2, 0.25) is 0 Å². The van der Waals surface area contributed by atoms with Crippen LogP contribution in [0.15, 0.2) is 58.3 Å². The molecular weight excluding hydrogens is 585 g/mol. The van der Waals surface area contributed by atoms with Crippen molar-refractivity contribution in [2.75, 3.05) is 9.80 Å². The molecule has 0 spiro atoms. The molecule has 208 valence electrons. The van der Waals surface area contributed by atoms with E-state index in [0.717, 1.165) is 36.4 Å². The van der Waals surface area contributed by atoms with E-state index in [1.165, 1.54) is 9.80 Å². The van der Waals surface area contributed by atoms with Crippen LogP contribution in [0.4, 0.5) is 11.4 Å². The largest absolute Gasteiger partial charge is 0.350 e. The summed E-state index contributed by atoms with van der Waals surface area (Å²) >= 11 is 13.1. The Kier molecular flexibility index (Phi) is 9.44. The van der Waals surface area contributed by atoms with Gasteiger partial charge in [-0.2, -0.15) is 0 Å². The third-order valence-electron chi connectivity index (χ3n) is 6.50. The van der Waals surface area contributed by atoms with Crippen LogP contribution in [0, 0.1) is 0 Å². The number of nitrogens with one attached hydrogen (secondary N) is 2. The lowest BCUT2D eigenvalue weighted by Gasteiger charge is -2.16. The molecule has 4 amide bonds. The summed E-state index contributed by atoms with van der Waals surface area (Å²) in [4.78, 5) is 54.8. The summed E-state index contributed by atoms with van der Waals surface area (Å²) in [6, 6.07) is 13.3. The molecule has 2 N–H and O–H groups in total. The number of benzene rings is 2. The topological polar surface area (TPSA) is 98.8 Å². The summed E-state index contributed by atoms with van der Waals surface area (Å²) in [5.74, 6) is -1.24. The smallest absolute Gasteiger partial charge is 0.272 e. The second-order valence-corrected chi connectivity index (χ2v) is 12.6. The van der Waals surface area contributed by atoms with Crippen LogP contribution in [0.5, 0.6) is 0 Å². The Morgan fingerprint density at radius 2 is 1.02 bits per heavy atom. The summed E-state index contributed by atoms with van der Waals surface area (Å²) < 4.78 is 0.553. The zero-order chi connectivity index (χ0) is 29.1. The van der Waals surface area contributed by atoms with Crippen molar-refractivity contribution in [3.63, 3.8) is 0 Å². The predicted molar refractivity (Wildman–Crippen MR) is 170 cm³/mol. The predicted octanol–water partition coefficient (Wildman–Crippen LogP) is 5.38. The van der Waals surface area contributed by atoms with Gasteiger partial charge in [0.15, 0.2) is 8.64 Å². The average molecular weight is 613 g/mol. The number of thiocarbonyl (C=S) groups is 2. The Labute approximate surface area is 252 Å². The van der Waals surface area contributed by atoms with E-state index in [4.69, 9.17) is 24.4 Å². The van der Waals surface area contributed by atoms with Gasteiger partial charge in [-0.1, -0.05) is 61.8 Å². The van der Waals surface area contributed by atoms with Crippen molar-refractivity contribution >= 4 is 91.6 Å². The summed E-state index contributed by atoms with van der Waals surface area (Å²) in [5.41, 5.74) is 1.94. The van der Waals surface area contributed by atoms with Crippen LogP contribution in [-0.4, -0.2) is 44.4 Å². The quantitative estimate of drug-likeness (QED) is 0.303. The van der Waals surface area contributed by atoms with E-state index in [2.05, 4.69) is 10.6 Å². The molecule has 2 atom stereocenters. The molecule has 2 heterocycles. The zero-order valence-corrected chi connectivity index (χ0v) is 25.6. The van der Waals surface area contributed by atoms with Gasteiger partial charge >= 0.3 is 0 Å². The van der Waals surface area contributed by atoms with Crippen molar-refractivity contribution in [2.45, 2.75) is 52.6 Å². The maximum Gasteiger partial charge on any atom is 0.272 e. The minimum Gasteiger partial charge on any atom is -0.350 e. The van der Waals surface area contributed by atoms with Gasteiger partial charge in [-0.25, -0.2) is 0 Å². The summed E-state index contributed by atoms with van der Waals surface area (Å²) in [5, 5.41) is 5.82. The Hall–Kier alpha value is -3.06. The SMILES string of the molecule is CC[C@@H](C)NC(=O)c1ccc(N2C(=O)/C(=C3\SC(=S)N(c4ccc(C(=O)N[C@@H](C)CC)cc4)C3=O)SC2=S)cc1. The normalized spacial score (nSPS) is 18.8. The first-order chi connectivity index (χ1) is 19.0. The van der Waals surface area contributed by atoms with Crippen LogP contribution in [0.1, 0.15) is 61.3 Å². The van der Waals surface area contributed by atoms with Crippen molar-refractivity contribution in [3.8, 4) is 0 Å². The highest BCUT2D eigenvalue weighted by atomic mass is 32.2. The minimum absolute atomic E-state index is 0.0460. The lowest BCUT2D eigenvalue weighted by Crippen LogP contribution is -2.32. The number of hydrogen-bond acceptors (Lipinski definition) is 8. The number of carbonyl (C=O) groups excluding carboxylic acids is 4. The molecule has 2 fully saturated rings. The first-order valence-corrected chi connectivity index (χ1v) is 15.2. The molecule has 0 aromatic heterocycles. The van der Waals surface area contributed by atoms with E-state index in [0.29, 0.717) is 22.5 Å². The average Bonchev–Trinajstić information content (AvgIpc) is 3.41. The minimum atomic E-state index is -0.427. The second kappa shape index (κ2) is 12.6. The maximum absolute atomic E-state index is 13.4. The molecule has 8 nitrogen and oxygen atoms in total. The van der Waals surface area contributed by atoms with Crippen LogP contribution >= 0.6 is 48.0 Å². The van der Waals surface area contributed by atoms with E-state index in [1.54, 1.807) is 48.5 Å². The van der Waals surface area contributed by atoms with Gasteiger partial charge < -0.3 is 10.6 Å². The molecule has 0 aliphatic carbocycles. The first-order valence-electron chi connectivity index (χ1n) is 12.7. The number of rotatable bonds is 8. The summed E-state index contributed by atoms with van der Waals surface area (Å²) in [6.07, 6.45) is 1.63. The lowest BCUT2D eigenvalue weighted by molar-refractivity contribution is -0.115. The highest BCUT2D eigenvalue weighted by Gasteiger charge is 2.43. The Bertz CT molecular complexity index is 1320. The molecule has 2 saturated heterocycles. The van der Waals surface area contributed by atoms with Crippen LogP contribution in [0.3, 0.4) is 0 Å². The fraction of sp³-hybridized carbons (Fsp3) is 0.286. The Balaban J connectivity index is 1.53. The van der Waals surface area contributed by atoms with E-state index in [9.17, 15) is 19.2 Å². The lowest BCUT2D eigenvalue weighted by atomic mass is 10.1. The highest BCUT2D eigenvalue weighted by molar-refractivity contribution is 8.30. The van der Waals surface area contributed by atoms with Crippen molar-refractivity contribution in [2.24, 2.45) is 0 Å². The van der Waals surface area contributed by atoms with Gasteiger partial charge in [0, 0.05) is 23.2 Å². The number of thioether (sulfide) groups is 2. The number of amides is 4. The van der Waals surface area contributed by atoms with Gasteiger partial charge in [-0.05, 0) is 75.2 Å². The van der Waals surface area contributed by atoms with Crippen LogP contribution in [-0.2, 0) is 9.59 Å². The van der Waals surface area contributed by atoms with Gasteiger partial charge in [-0.3, -0.25) is 29.0 Å². The van der Waals surface area contributed by atoms with E-state index < -0.39 is 11.8 Å². The number of hydrogen-bond donors (Lipinski definition) is 2. The van der Waals surface area contributed by atoms with Crippen molar-refractivity contribution < 1.29 is 19.2 Å². The monoisotopic (exact) mass is 612 g/mol. The molecule has 4 rings (SSSR count). The molecule has 2 aliphatic rings. The molecule has 40 heavy (non-hydrogen) atoms. The fourth-order valence-electron chi connectivity index (χ4n) is 3.80. The second-order valence-electron chi connectivity index (χ2n) is 9.33. The van der Waals surface area contributed by atoms with Crippen molar-refractivity contribution in [1.29, 1.82) is 0 Å². The van der Waals surface area contributed by atoms with Gasteiger partial charge in [0.05, 0.1) is 21.2 Å². The first kappa shape index (κ1) is 29.9. The summed E-state index contributed by atoms with van der Waals surface area (Å²) in [7, 11) is 0. The molecular formula is C28H28N4O4S4. The Morgan fingerprint density at radius 1 is 0.700 bits per heavy atom. The van der Waals surface area contributed by atoms with Crippen LogP contribution in [0.25, 0.3) is 0 Å². The molecule has 0 unspecified atom stereocenters. The molecule has 2 aromatic carbocycles. The van der Waals surface area contributed by atoms with Crippen molar-refractivity contribution in [1.82, 2.24) is 10.6 Å². The summed E-state index contributed by atoms with van der Waals surface area (Å²) in [6.45, 7) is 7.83. The molecule has 0 saturated carbocycles. The highest BCUT2D eigenvalue weighted by Crippen LogP contribution is 2.44. The third-order valence-corrected chi connectivity index (χ3v) is 9.37. The third kappa shape index (κ3) is 6.14. The molecule has 2 aliphatic heterocycles. The van der Waals surface area contributed by atoms with E-state index >= 15 is 0 Å². The van der Waals surface area contributed by atoms with E-state index in [1.807, 2.05) is 27.7 Å². The molecule has 0 radical (unpaired) electrons. The van der Waals surface area contributed by atoms with Gasteiger partial charge in [0.1, 0.15) is 0 Å². The van der Waals surface area contributed by atoms with Gasteiger partial charge in [-0.15, -0.1) is 0 Å². The van der Waals surface area contributed by atoms with E-state index in [-0.39, 0.29) is 42.3 Å². The molecule has 0 bridgehead atoms. The van der Waals surface area contributed by atoms with Gasteiger partial charge in [0.25, 0.3) is 23.6 Å². The Morgan fingerprint density at radius 3 is 1.32 bits per heavy atom. The maximum atomic E-state index is 13.4. The number of anilines is 2. The van der Waals surface area contributed by atoms with Crippen LogP contribution < -0.4 is 20.4 Å². The molecule has 12 heteroatoms. The standard InChI is InChI=1S/C28H28N4O4S4/c1-5-15(3)29-23(33)17-7-11-19(12-8-17)31-25(35)21(39-27(31)37)22-26(36)32(28(38)40-22)20-13-9-18(10-14-20)24(34)30-16(4)6-2/h7-16H,5-6H2,1-4H3,(H,29,33)(H,30,34)/b22-21+/t15-,16+. The zero-order valence-electron chi connectivity index (χ0n) is 22.3. The number of nitrogens with zero attached hydrogens (tertiary/aromatic N) is 2. The van der Waals surface area contributed by atoms with Crippen molar-refractivity contribution in [3.05, 3.63) is 69.5 Å². The molecule has 2 aromatic rings. The number of carbonyl (C=O) groups is 4. The van der Waals surface area contributed by atoms with Gasteiger partial charge in [0.2, 0.25) is 0 Å². The fourth-order valence-corrected chi connectivity index (χ4v) is 6.55.